The quantitative estimate of drug-likeness (QED) is 0.00919. The van der Waals surface area contributed by atoms with Crippen LogP contribution in [0.3, 0.4) is 0 Å². The van der Waals surface area contributed by atoms with Crippen molar-refractivity contribution in [3.8, 4) is 5.88 Å². The van der Waals surface area contributed by atoms with E-state index in [0.29, 0.717) is 34.6 Å². The summed E-state index contributed by atoms with van der Waals surface area (Å²) >= 11 is 11.5. The first-order valence-corrected chi connectivity index (χ1v) is 30.6. The number of carbonyl (C=O) groups excluding carboxylic acids is 5. The lowest BCUT2D eigenvalue weighted by atomic mass is 10.1. The van der Waals surface area contributed by atoms with Gasteiger partial charge in [-0.2, -0.15) is 25.3 Å². The van der Waals surface area contributed by atoms with Gasteiger partial charge in [-0.25, -0.2) is 18.5 Å². The minimum absolute atomic E-state index is 0.00340. The molecule has 4 N–H and O–H groups in total. The number of allylic oxidation sites excluding steroid dienone is 4. The Morgan fingerprint density at radius 1 is 0.613 bits per heavy atom. The van der Waals surface area contributed by atoms with Crippen molar-refractivity contribution in [2.75, 3.05) is 23.8 Å². The van der Waals surface area contributed by atoms with E-state index >= 15 is 0 Å². The smallest absolute Gasteiger partial charge is 0.333 e. The number of aromatic nitrogens is 5. The van der Waals surface area contributed by atoms with Gasteiger partial charge in [-0.3, -0.25) is 56.6 Å². The molecule has 80 heavy (non-hydrogen) atoms. The number of pyridine rings is 3. The summed E-state index contributed by atoms with van der Waals surface area (Å²) in [4.78, 5) is 86.2. The predicted octanol–water partition coefficient (Wildman–Crippen LogP) is 1.70. The maximum Gasteiger partial charge on any atom is 0.333 e. The normalized spacial score (nSPS) is 15.2. The van der Waals surface area contributed by atoms with E-state index in [4.69, 9.17) is 29.3 Å². The first kappa shape index (κ1) is 62.1. The number of unbranched alkanes of at least 4 members (excludes halogenated alkanes) is 2. The Morgan fingerprint density at radius 3 is 1.59 bits per heavy atom. The fourth-order valence-corrected chi connectivity index (χ4v) is 10.6. The third-order valence-corrected chi connectivity index (χ3v) is 15.6. The molecule has 4 amide bonds. The van der Waals surface area contributed by atoms with E-state index in [1.165, 1.54) is 49.3 Å². The van der Waals surface area contributed by atoms with Crippen LogP contribution in [-0.4, -0.2) is 127 Å². The van der Waals surface area contributed by atoms with Crippen molar-refractivity contribution in [1.29, 1.82) is 0 Å². The molecule has 2 aliphatic heterocycles. The Bertz CT molecular complexity index is 3600. The third kappa shape index (κ3) is 18.5. The largest absolute Gasteiger partial charge is 0.494 e. The van der Waals surface area contributed by atoms with Crippen LogP contribution in [0.4, 0.5) is 0 Å². The molecule has 30 heteroatoms. The molecule has 0 bridgehead atoms. The van der Waals surface area contributed by atoms with Gasteiger partial charge in [0.2, 0.25) is 5.88 Å². The van der Waals surface area contributed by atoms with E-state index in [-0.39, 0.29) is 112 Å². The Labute approximate surface area is 471 Å². The molecule has 4 aromatic heterocycles. The number of hydrogen-bond acceptors (Lipinski definition) is 16. The van der Waals surface area contributed by atoms with Gasteiger partial charge in [0.1, 0.15) is 30.8 Å². The van der Waals surface area contributed by atoms with Crippen LogP contribution in [0.1, 0.15) is 80.0 Å². The number of hydrogen-bond donors (Lipinski definition) is 4. The molecule has 2 fully saturated rings. The zero-order chi connectivity index (χ0) is 58.4. The van der Waals surface area contributed by atoms with Crippen molar-refractivity contribution in [1.82, 2.24) is 24.0 Å². The number of carbonyl (C=O) groups is 5. The fourth-order valence-electron chi connectivity index (χ4n) is 8.47. The highest BCUT2D eigenvalue weighted by Gasteiger charge is 2.39. The van der Waals surface area contributed by atoms with Gasteiger partial charge in [-0.05, 0) is 67.6 Å². The second kappa shape index (κ2) is 27.9. The number of aryl methyl sites for hydroxylation is 3. The molecule has 4 aromatic rings. The SMILES string of the molecule is O=C(CCCCCN1C(=O)\C(=C/C=C/C=C/c2c(O)n(Cc3ccc[n+](CCCS(=O)(=O)O)c3)c(=S)n(Cc3ccc[n+](CCCS(=O)(=O)O)c3)c2=O)C(=O)N(Cc2ccc[n+](CCCS(=O)(=O)O)c2)C1=S)ON1C(=O)CCC1=O. The van der Waals surface area contributed by atoms with Crippen LogP contribution in [0.25, 0.3) is 6.08 Å². The number of thiocarbonyl (C=S) groups is 1. The lowest BCUT2D eigenvalue weighted by Crippen LogP contribution is -2.56. The highest BCUT2D eigenvalue weighted by Crippen LogP contribution is 2.23. The monoisotopic (exact) mass is 1200 g/mol. The van der Waals surface area contributed by atoms with Crippen LogP contribution < -0.4 is 19.3 Å². The summed E-state index contributed by atoms with van der Waals surface area (Å²) < 4.78 is 103. The summed E-state index contributed by atoms with van der Waals surface area (Å²) in [6, 6.07) is 10.1. The predicted molar refractivity (Wildman–Crippen MR) is 289 cm³/mol. The van der Waals surface area contributed by atoms with Gasteiger partial charge in [-0.15, -0.1) is 5.06 Å². The minimum Gasteiger partial charge on any atom is -0.494 e. The Balaban J connectivity index is 1.28. The molecule has 0 spiro atoms. The van der Waals surface area contributed by atoms with Crippen LogP contribution >= 0.6 is 24.4 Å². The molecule has 25 nitrogen and oxygen atoms in total. The third-order valence-electron chi connectivity index (χ3n) is 12.3. The summed E-state index contributed by atoms with van der Waals surface area (Å²) in [6.07, 6.45) is 17.6. The number of aromatic hydroxyl groups is 1. The standard InChI is InChI=1S/C50H56N8O17S5/c59-42-19-20-43(60)58(42)75-44(61)18-5-2-6-27-54-45(62)40(46(63)55(49(54)76)34-37-13-7-21-51(31-37)24-10-28-78(66,67)68)16-3-1-4-17-41-47(64)56(35-38-14-8-22-52(32-38)25-11-29-79(69,70)71)50(77)57(48(41)65)36-39-15-9-23-53(33-39)26-12-30-80(72,73)74/h1,3-4,7-9,13-17,21-23,31-33H,2,5-6,10-12,18-20,24-30,34-36H2,(H-3,62,63,64,65,66,67,68,69,70,71,72,73,74)/p+3. The molecule has 0 saturated carbocycles. The van der Waals surface area contributed by atoms with Crippen molar-refractivity contribution in [3.63, 3.8) is 0 Å². The van der Waals surface area contributed by atoms with E-state index in [9.17, 15) is 72.8 Å². The highest BCUT2D eigenvalue weighted by molar-refractivity contribution is 7.86. The van der Waals surface area contributed by atoms with Gasteiger partial charge in [-0.1, -0.05) is 24.6 Å². The number of rotatable bonds is 28. The molecule has 0 radical (unpaired) electrons. The molecular formula is C50H59N8O17S5+3. The minimum atomic E-state index is -4.21. The molecule has 0 aliphatic carbocycles. The summed E-state index contributed by atoms with van der Waals surface area (Å²) in [5, 5.41) is 12.1. The van der Waals surface area contributed by atoms with Gasteiger partial charge in [0.05, 0.1) is 36.9 Å². The van der Waals surface area contributed by atoms with Gasteiger partial charge < -0.3 is 9.94 Å². The Hall–Kier alpha value is -7.06. The number of hydroxylamine groups is 2. The highest BCUT2D eigenvalue weighted by atomic mass is 32.2. The van der Waals surface area contributed by atoms with Crippen molar-refractivity contribution in [2.45, 2.75) is 97.1 Å². The molecule has 2 aliphatic rings. The van der Waals surface area contributed by atoms with E-state index in [1.54, 1.807) is 87.3 Å². The van der Waals surface area contributed by atoms with Crippen molar-refractivity contribution in [2.24, 2.45) is 0 Å². The van der Waals surface area contributed by atoms with Crippen LogP contribution in [0.2, 0.25) is 0 Å². The topological polar surface area (TPSA) is 326 Å². The summed E-state index contributed by atoms with van der Waals surface area (Å²) in [6.45, 7) is 0.309. The molecule has 0 atom stereocenters. The zero-order valence-corrected chi connectivity index (χ0v) is 47.0. The average Bonchev–Trinajstić information content (AvgIpc) is 3.75. The van der Waals surface area contributed by atoms with Crippen LogP contribution in [0.15, 0.2) is 108 Å². The summed E-state index contributed by atoms with van der Waals surface area (Å²) in [5.74, 6) is -5.47. The second-order valence-corrected chi connectivity index (χ2v) is 24.0. The zero-order valence-electron chi connectivity index (χ0n) is 43.0. The second-order valence-electron chi connectivity index (χ2n) is 18.6. The average molecular weight is 1200 g/mol. The molecule has 2 saturated heterocycles. The van der Waals surface area contributed by atoms with Crippen LogP contribution in [0, 0.1) is 4.77 Å². The van der Waals surface area contributed by atoms with Gasteiger partial charge in [0.15, 0.2) is 47.1 Å². The molecule has 6 rings (SSSR count). The lowest BCUT2D eigenvalue weighted by molar-refractivity contribution is -0.697. The number of amides is 4. The summed E-state index contributed by atoms with van der Waals surface area (Å²) in [5.41, 5.74) is 0.446. The van der Waals surface area contributed by atoms with Gasteiger partial charge >= 0.3 is 5.97 Å². The molecule has 428 valence electrons. The fraction of sp³-hybridized carbons (Fsp3) is 0.380. The molecule has 6 heterocycles. The number of imide groups is 1. The number of nitrogens with zero attached hydrogens (tertiary/aromatic N) is 8. The van der Waals surface area contributed by atoms with E-state index in [2.05, 4.69) is 0 Å². The molecular weight excluding hydrogens is 1140 g/mol. The Kier molecular flexibility index (Phi) is 21.7. The first-order chi connectivity index (χ1) is 37.8. The van der Waals surface area contributed by atoms with E-state index in [0.717, 1.165) is 0 Å². The molecule has 0 unspecified atom stereocenters. The Morgan fingerprint density at radius 2 is 1.09 bits per heavy atom. The summed E-state index contributed by atoms with van der Waals surface area (Å²) in [7, 11) is -12.6. The van der Waals surface area contributed by atoms with E-state index < -0.39 is 88.7 Å². The van der Waals surface area contributed by atoms with Crippen molar-refractivity contribution < 1.29 is 86.5 Å². The van der Waals surface area contributed by atoms with Crippen molar-refractivity contribution >= 4 is 95.6 Å². The van der Waals surface area contributed by atoms with Crippen molar-refractivity contribution in [3.05, 3.63) is 141 Å². The first-order valence-electron chi connectivity index (χ1n) is 24.9. The van der Waals surface area contributed by atoms with Crippen LogP contribution in [-0.2, 0) is 98.4 Å². The maximum atomic E-state index is 14.3. The van der Waals surface area contributed by atoms with Gasteiger partial charge in [0.25, 0.3) is 59.5 Å². The lowest BCUT2D eigenvalue weighted by Gasteiger charge is -2.36. The van der Waals surface area contributed by atoms with Crippen LogP contribution in [0.5, 0.6) is 5.88 Å². The van der Waals surface area contributed by atoms with Gasteiger partial charge in [0, 0.05) is 80.0 Å². The van der Waals surface area contributed by atoms with E-state index in [1.807, 2.05) is 0 Å². The molecule has 0 aromatic carbocycles. The maximum absolute atomic E-state index is 14.3.